The number of β-amino-alcohol motifs (C(OH)–C–C–N with tert-alkyl or cyclic N) is 1. The Morgan fingerprint density at radius 2 is 1.88 bits per heavy atom. The first-order chi connectivity index (χ1) is 12.6. The maximum absolute atomic E-state index is 12.7. The minimum Gasteiger partial charge on any atom is -0.387 e. The monoisotopic (exact) mass is 358 g/mol. The fraction of sp³-hybridized carbons (Fsp3) is 0.682. The highest BCUT2D eigenvalue weighted by molar-refractivity contribution is 5.82. The Balaban J connectivity index is 1.39. The van der Waals surface area contributed by atoms with E-state index in [1.54, 1.807) is 0 Å². The molecule has 1 unspecified atom stereocenters. The number of hydrogen-bond acceptors (Lipinski definition) is 3. The van der Waals surface area contributed by atoms with E-state index < -0.39 is 6.10 Å². The van der Waals surface area contributed by atoms with Crippen LogP contribution in [0.15, 0.2) is 30.3 Å². The van der Waals surface area contributed by atoms with Gasteiger partial charge in [-0.15, -0.1) is 0 Å². The third-order valence-corrected chi connectivity index (χ3v) is 6.59. The second kappa shape index (κ2) is 9.01. The van der Waals surface area contributed by atoms with E-state index in [9.17, 15) is 9.90 Å². The van der Waals surface area contributed by atoms with Gasteiger partial charge in [0.15, 0.2) is 0 Å². The van der Waals surface area contributed by atoms with Crippen LogP contribution in [0.3, 0.4) is 0 Å². The second-order valence-electron chi connectivity index (χ2n) is 8.22. The molecule has 4 heteroatoms. The number of benzene rings is 1. The van der Waals surface area contributed by atoms with Crippen molar-refractivity contribution >= 4 is 5.91 Å². The van der Waals surface area contributed by atoms with E-state index in [0.717, 1.165) is 57.3 Å². The zero-order valence-electron chi connectivity index (χ0n) is 16.1. The topological polar surface area (TPSA) is 52.6 Å². The number of carbonyl (C=O) groups is 1. The smallest absolute Gasteiger partial charge is 0.226 e. The Morgan fingerprint density at radius 1 is 1.23 bits per heavy atom. The number of piperidine rings is 1. The van der Waals surface area contributed by atoms with Gasteiger partial charge in [0.05, 0.1) is 6.10 Å². The van der Waals surface area contributed by atoms with Crippen molar-refractivity contribution < 1.29 is 9.90 Å². The summed E-state index contributed by atoms with van der Waals surface area (Å²) in [4.78, 5) is 15.0. The van der Waals surface area contributed by atoms with Gasteiger partial charge in [0, 0.05) is 18.5 Å². The third kappa shape index (κ3) is 4.66. The van der Waals surface area contributed by atoms with E-state index in [0.29, 0.717) is 18.4 Å². The van der Waals surface area contributed by atoms with Crippen molar-refractivity contribution in [3.8, 4) is 0 Å². The quantitative estimate of drug-likeness (QED) is 0.784. The second-order valence-corrected chi connectivity index (χ2v) is 8.22. The lowest BCUT2D eigenvalue weighted by Crippen LogP contribution is -2.44. The van der Waals surface area contributed by atoms with Gasteiger partial charge >= 0.3 is 0 Å². The van der Waals surface area contributed by atoms with E-state index in [2.05, 4.69) is 17.1 Å². The first-order valence-corrected chi connectivity index (χ1v) is 10.4. The molecule has 1 amide bonds. The standard InChI is InChI=1S/C22H34N2O2/c1-2-22(12-6-7-13-22)21(26)23-16-18-10-14-24(15-11-18)17-20(25)19-8-4-3-5-9-19/h3-5,8-9,18,20,25H,2,6-7,10-17H2,1H3,(H,23,26). The lowest BCUT2D eigenvalue weighted by Gasteiger charge is -2.34. The Hall–Kier alpha value is -1.39. The lowest BCUT2D eigenvalue weighted by atomic mass is 9.82. The highest BCUT2D eigenvalue weighted by Crippen LogP contribution is 2.41. The van der Waals surface area contributed by atoms with Crippen LogP contribution in [0.25, 0.3) is 0 Å². The zero-order chi connectivity index (χ0) is 18.4. The van der Waals surface area contributed by atoms with Crippen LogP contribution in [0, 0.1) is 11.3 Å². The largest absolute Gasteiger partial charge is 0.387 e. The van der Waals surface area contributed by atoms with Gasteiger partial charge in [-0.05, 0) is 56.7 Å². The van der Waals surface area contributed by atoms with Gasteiger partial charge in [0.2, 0.25) is 5.91 Å². The van der Waals surface area contributed by atoms with Gasteiger partial charge in [-0.25, -0.2) is 0 Å². The zero-order valence-corrected chi connectivity index (χ0v) is 16.1. The molecule has 1 aliphatic heterocycles. The molecule has 26 heavy (non-hydrogen) atoms. The summed E-state index contributed by atoms with van der Waals surface area (Å²) in [6, 6.07) is 9.89. The van der Waals surface area contributed by atoms with Crippen molar-refractivity contribution in [1.82, 2.24) is 10.2 Å². The number of aliphatic hydroxyl groups excluding tert-OH is 1. The molecule has 1 saturated heterocycles. The molecule has 1 aromatic rings. The van der Waals surface area contributed by atoms with Crippen molar-refractivity contribution in [2.45, 2.75) is 58.0 Å². The highest BCUT2D eigenvalue weighted by atomic mass is 16.3. The minimum absolute atomic E-state index is 0.0828. The van der Waals surface area contributed by atoms with Crippen LogP contribution < -0.4 is 5.32 Å². The van der Waals surface area contributed by atoms with Crippen molar-refractivity contribution in [3.05, 3.63) is 35.9 Å². The molecule has 1 aromatic carbocycles. The van der Waals surface area contributed by atoms with Crippen LogP contribution in [-0.2, 0) is 4.79 Å². The van der Waals surface area contributed by atoms with E-state index in [1.165, 1.54) is 12.8 Å². The number of hydrogen-bond donors (Lipinski definition) is 2. The van der Waals surface area contributed by atoms with E-state index in [1.807, 2.05) is 30.3 Å². The molecule has 2 fully saturated rings. The summed E-state index contributed by atoms with van der Waals surface area (Å²) in [7, 11) is 0. The number of amides is 1. The van der Waals surface area contributed by atoms with E-state index in [4.69, 9.17) is 0 Å². The number of aliphatic hydroxyl groups is 1. The third-order valence-electron chi connectivity index (χ3n) is 6.59. The molecule has 4 nitrogen and oxygen atoms in total. The first kappa shape index (κ1) is 19.4. The fourth-order valence-corrected chi connectivity index (χ4v) is 4.62. The van der Waals surface area contributed by atoms with Crippen molar-refractivity contribution in [1.29, 1.82) is 0 Å². The molecule has 144 valence electrons. The van der Waals surface area contributed by atoms with Crippen molar-refractivity contribution in [2.75, 3.05) is 26.2 Å². The number of nitrogens with one attached hydrogen (secondary N) is 1. The van der Waals surface area contributed by atoms with Crippen LogP contribution in [0.5, 0.6) is 0 Å². The van der Waals surface area contributed by atoms with E-state index in [-0.39, 0.29) is 5.41 Å². The average molecular weight is 359 g/mol. The summed E-state index contributed by atoms with van der Waals surface area (Å²) in [5.41, 5.74) is 0.906. The minimum atomic E-state index is -0.417. The molecule has 0 bridgehead atoms. The molecule has 0 spiro atoms. The van der Waals surface area contributed by atoms with Gasteiger partial charge < -0.3 is 15.3 Å². The SMILES string of the molecule is CCC1(C(=O)NCC2CCN(CC(O)c3ccccc3)CC2)CCCC1. The molecule has 0 aromatic heterocycles. The van der Waals surface area contributed by atoms with Gasteiger partial charge in [0.1, 0.15) is 0 Å². The summed E-state index contributed by atoms with van der Waals surface area (Å²) < 4.78 is 0. The van der Waals surface area contributed by atoms with Crippen LogP contribution in [0.2, 0.25) is 0 Å². The normalized spacial score (nSPS) is 22.2. The van der Waals surface area contributed by atoms with E-state index >= 15 is 0 Å². The molecule has 2 N–H and O–H groups in total. The maximum Gasteiger partial charge on any atom is 0.226 e. The summed E-state index contributed by atoms with van der Waals surface area (Å²) in [6.07, 6.45) is 7.26. The van der Waals surface area contributed by atoms with Crippen LogP contribution in [0.4, 0.5) is 0 Å². The Bertz CT molecular complexity index is 561. The molecule has 3 rings (SSSR count). The molecule has 1 saturated carbocycles. The maximum atomic E-state index is 12.7. The first-order valence-electron chi connectivity index (χ1n) is 10.4. The highest BCUT2D eigenvalue weighted by Gasteiger charge is 2.39. The average Bonchev–Trinajstić information content (AvgIpc) is 3.18. The summed E-state index contributed by atoms with van der Waals surface area (Å²) in [5, 5.41) is 13.7. The summed E-state index contributed by atoms with van der Waals surface area (Å²) in [5.74, 6) is 0.860. The molecule has 0 radical (unpaired) electrons. The molecular formula is C22H34N2O2. The summed E-state index contributed by atoms with van der Waals surface area (Å²) in [6.45, 7) is 5.67. The Labute approximate surface area is 158 Å². The van der Waals surface area contributed by atoms with Crippen LogP contribution >= 0.6 is 0 Å². The Morgan fingerprint density at radius 3 is 2.50 bits per heavy atom. The number of likely N-dealkylation sites (tertiary alicyclic amines) is 1. The van der Waals surface area contributed by atoms with Gasteiger partial charge in [-0.2, -0.15) is 0 Å². The predicted molar refractivity (Wildman–Crippen MR) is 105 cm³/mol. The number of carbonyl (C=O) groups excluding carboxylic acids is 1. The molecule has 1 aliphatic carbocycles. The molecule has 1 heterocycles. The predicted octanol–water partition coefficient (Wildman–Crippen LogP) is 3.52. The van der Waals surface area contributed by atoms with Gasteiger partial charge in [-0.1, -0.05) is 50.1 Å². The molecule has 1 atom stereocenters. The van der Waals surface area contributed by atoms with Gasteiger partial charge in [-0.3, -0.25) is 4.79 Å². The van der Waals surface area contributed by atoms with Gasteiger partial charge in [0.25, 0.3) is 0 Å². The Kier molecular flexibility index (Phi) is 6.71. The van der Waals surface area contributed by atoms with Crippen molar-refractivity contribution in [3.63, 3.8) is 0 Å². The molecule has 2 aliphatic rings. The molecular weight excluding hydrogens is 324 g/mol. The van der Waals surface area contributed by atoms with Crippen LogP contribution in [-0.4, -0.2) is 42.1 Å². The fourth-order valence-electron chi connectivity index (χ4n) is 4.62. The number of nitrogens with zero attached hydrogens (tertiary/aromatic N) is 1. The van der Waals surface area contributed by atoms with Crippen LogP contribution in [0.1, 0.15) is 63.5 Å². The number of rotatable bonds is 7. The lowest BCUT2D eigenvalue weighted by molar-refractivity contribution is -0.131. The van der Waals surface area contributed by atoms with Crippen molar-refractivity contribution in [2.24, 2.45) is 11.3 Å². The summed E-state index contributed by atoms with van der Waals surface area (Å²) >= 11 is 0.